The van der Waals surface area contributed by atoms with Crippen molar-refractivity contribution in [1.29, 1.82) is 0 Å². The molecule has 2 rings (SSSR count). The molecule has 3 N–H and O–H groups in total. The van der Waals surface area contributed by atoms with Gasteiger partial charge in [0.05, 0.1) is 19.1 Å². The van der Waals surface area contributed by atoms with Crippen molar-refractivity contribution >= 4 is 28.2 Å². The normalized spacial score (nSPS) is 20.4. The summed E-state index contributed by atoms with van der Waals surface area (Å²) in [5.41, 5.74) is -0.949. The van der Waals surface area contributed by atoms with Crippen molar-refractivity contribution in [1.82, 2.24) is 9.80 Å². The van der Waals surface area contributed by atoms with E-state index in [0.29, 0.717) is 6.17 Å². The molecular formula is C26H43N3O8S. The van der Waals surface area contributed by atoms with E-state index in [1.54, 1.807) is 0 Å². The van der Waals surface area contributed by atoms with Crippen molar-refractivity contribution < 1.29 is 37.0 Å². The Morgan fingerprint density at radius 1 is 1.26 bits per heavy atom. The summed E-state index contributed by atoms with van der Waals surface area (Å²) in [6.45, 7) is 17.7. The Kier molecular flexibility index (Phi) is 16.4. The van der Waals surface area contributed by atoms with Crippen LogP contribution in [0.15, 0.2) is 54.1 Å². The molecule has 0 aromatic rings. The number of likely N-dealkylation sites (N-methyl/N-ethyl adjacent to an activating group) is 1. The second-order valence-electron chi connectivity index (χ2n) is 8.90. The molecule has 0 spiro atoms. The van der Waals surface area contributed by atoms with Gasteiger partial charge in [0.25, 0.3) is 0 Å². The van der Waals surface area contributed by atoms with Crippen LogP contribution in [-0.4, -0.2) is 90.2 Å². The van der Waals surface area contributed by atoms with E-state index < -0.39 is 27.8 Å². The molecule has 0 saturated carbocycles. The molecule has 0 amide bonds. The van der Waals surface area contributed by atoms with Crippen LogP contribution in [0.2, 0.25) is 0 Å². The molecule has 1 aliphatic heterocycles. The van der Waals surface area contributed by atoms with E-state index in [-0.39, 0.29) is 12.0 Å². The van der Waals surface area contributed by atoms with Crippen LogP contribution in [0.4, 0.5) is 0 Å². The summed E-state index contributed by atoms with van der Waals surface area (Å²) in [5, 5.41) is 17.5. The highest BCUT2D eigenvalue weighted by Crippen LogP contribution is 2.31. The number of nitrogens with zero attached hydrogens (tertiary/aromatic N) is 3. The summed E-state index contributed by atoms with van der Waals surface area (Å²) < 4.78 is 29.7. The van der Waals surface area contributed by atoms with Gasteiger partial charge < -0.3 is 15.1 Å². The molecule has 38 heavy (non-hydrogen) atoms. The third-order valence-electron chi connectivity index (χ3n) is 5.88. The Morgan fingerprint density at radius 2 is 1.89 bits per heavy atom. The average molecular weight is 558 g/mol. The molecule has 2 unspecified atom stereocenters. The third kappa shape index (κ3) is 13.1. The number of aliphatic carboxylic acids is 2. The predicted octanol–water partition coefficient (Wildman–Crippen LogP) is 3.78. The van der Waals surface area contributed by atoms with Gasteiger partial charge in [-0.1, -0.05) is 50.1 Å². The molecule has 216 valence electrons. The molecule has 11 nitrogen and oxygen atoms in total. The molecule has 0 radical (unpaired) electrons. The highest BCUT2D eigenvalue weighted by molar-refractivity contribution is 7.80. The summed E-state index contributed by atoms with van der Waals surface area (Å²) in [6, 6.07) is 0. The van der Waals surface area contributed by atoms with Crippen molar-refractivity contribution in [2.24, 2.45) is 10.4 Å². The number of allylic oxidation sites excluding steroid dienone is 2. The molecule has 0 aromatic carbocycles. The van der Waals surface area contributed by atoms with Crippen molar-refractivity contribution in [3.63, 3.8) is 0 Å². The topological polar surface area (TPSA) is 157 Å². The molecule has 0 saturated heterocycles. The summed E-state index contributed by atoms with van der Waals surface area (Å²) in [4.78, 5) is 31.0. The molecule has 12 heteroatoms. The van der Waals surface area contributed by atoms with Gasteiger partial charge in [-0.3, -0.25) is 23.4 Å². The summed E-state index contributed by atoms with van der Waals surface area (Å²) in [7, 11) is -3.29. The number of carboxylic acid groups (broad SMARTS) is 2. The van der Waals surface area contributed by atoms with Crippen molar-refractivity contribution in [2.45, 2.75) is 59.0 Å². The Balaban J connectivity index is 0.000000620. The van der Waals surface area contributed by atoms with Gasteiger partial charge in [-0.25, -0.2) is 4.79 Å². The fraction of sp³-hybridized carbons (Fsp3) is 0.577. The van der Waals surface area contributed by atoms with Crippen molar-refractivity contribution in [2.75, 3.05) is 33.3 Å². The van der Waals surface area contributed by atoms with Gasteiger partial charge in [-0.05, 0) is 26.7 Å². The summed E-state index contributed by atoms with van der Waals surface area (Å²) in [5.74, 6) is -0.875. The van der Waals surface area contributed by atoms with Crippen LogP contribution in [-0.2, 0) is 24.2 Å². The van der Waals surface area contributed by atoms with Gasteiger partial charge in [0.2, 0.25) is 0 Å². The first-order chi connectivity index (χ1) is 17.8. The minimum atomic E-state index is -4.16. The monoisotopic (exact) mass is 557 g/mol. The van der Waals surface area contributed by atoms with E-state index in [9.17, 15) is 18.0 Å². The molecule has 1 heterocycles. The highest BCUT2D eigenvalue weighted by atomic mass is 32.3. The minimum Gasteiger partial charge on any atom is -0.481 e. The van der Waals surface area contributed by atoms with Crippen LogP contribution in [0, 0.1) is 5.41 Å². The zero-order valence-electron chi connectivity index (χ0n) is 22.9. The second-order valence-corrected chi connectivity index (χ2v) is 10.1. The lowest BCUT2D eigenvalue weighted by atomic mass is 9.80. The number of carboxylic acids is 2. The molecule has 1 aliphatic carbocycles. The minimum absolute atomic E-state index is 0.0359. The number of carbonyl (C=O) groups is 2. The lowest BCUT2D eigenvalue weighted by Gasteiger charge is -2.26. The summed E-state index contributed by atoms with van der Waals surface area (Å²) >= 11 is 0. The number of hydrogen-bond acceptors (Lipinski definition) is 8. The van der Waals surface area contributed by atoms with E-state index in [2.05, 4.69) is 41.0 Å². The van der Waals surface area contributed by atoms with Gasteiger partial charge in [-0.15, -0.1) is 13.2 Å². The predicted molar refractivity (Wildman–Crippen MR) is 148 cm³/mol. The van der Waals surface area contributed by atoms with Gasteiger partial charge in [0, 0.05) is 31.6 Å². The second kappa shape index (κ2) is 17.7. The fourth-order valence-electron chi connectivity index (χ4n) is 3.69. The lowest BCUT2D eigenvalue weighted by molar-refractivity contribution is -0.145. The van der Waals surface area contributed by atoms with E-state index in [0.717, 1.165) is 39.7 Å². The first-order valence-electron chi connectivity index (χ1n) is 12.4. The zero-order chi connectivity index (χ0) is 29.4. The van der Waals surface area contributed by atoms with Crippen molar-refractivity contribution in [3.05, 3.63) is 49.1 Å². The maximum absolute atomic E-state index is 10.8. The van der Waals surface area contributed by atoms with Crippen LogP contribution in [0.1, 0.15) is 52.9 Å². The highest BCUT2D eigenvalue weighted by Gasteiger charge is 2.34. The van der Waals surface area contributed by atoms with Crippen LogP contribution >= 0.6 is 0 Å². The zero-order valence-corrected chi connectivity index (χ0v) is 23.7. The van der Waals surface area contributed by atoms with Crippen LogP contribution in [0.5, 0.6) is 0 Å². The maximum atomic E-state index is 10.8. The molecule has 0 aromatic heterocycles. The average Bonchev–Trinajstić information content (AvgIpc) is 3.27. The maximum Gasteiger partial charge on any atom is 0.397 e. The number of hydrogen-bond donors (Lipinski definition) is 3. The van der Waals surface area contributed by atoms with Crippen LogP contribution < -0.4 is 0 Å². The summed E-state index contributed by atoms with van der Waals surface area (Å²) in [6.07, 6.45) is 13.3. The van der Waals surface area contributed by atoms with E-state index in [4.69, 9.17) is 19.8 Å². The van der Waals surface area contributed by atoms with E-state index >= 15 is 0 Å². The third-order valence-corrected chi connectivity index (χ3v) is 6.30. The molecule has 0 bridgehead atoms. The first-order valence-corrected chi connectivity index (χ1v) is 13.8. The Labute approximate surface area is 226 Å². The SMILES string of the molecule is C=CCC1=NC(N(CC=C)CCCCC)CN1CC.CC1(C(=O)O)C=CC=C(C(=O)O)C1.COS(=O)(=O)O. The van der Waals surface area contributed by atoms with Gasteiger partial charge in [0.1, 0.15) is 12.0 Å². The number of amidine groups is 1. The van der Waals surface area contributed by atoms with Crippen LogP contribution in [0.3, 0.4) is 0 Å². The quantitative estimate of drug-likeness (QED) is 0.173. The van der Waals surface area contributed by atoms with Gasteiger partial charge in [-0.2, -0.15) is 8.42 Å². The van der Waals surface area contributed by atoms with Gasteiger partial charge >= 0.3 is 22.3 Å². The molecule has 0 fully saturated rings. The fourth-order valence-corrected chi connectivity index (χ4v) is 3.69. The van der Waals surface area contributed by atoms with E-state index in [1.807, 2.05) is 12.2 Å². The standard InChI is InChI=1S/C16H29N3.C9H10O4.CH4O4S/c1-5-9-10-13-19(12-7-3)16-14-18(8-4)15(17-16)11-6-2;1-9(8(12)13)4-2-3-6(5-9)7(10)11;1-5-6(2,3)4/h6-7,16H,2-3,5,8-14H2,1,4H3;2-4H,5H2,1H3,(H,10,11)(H,12,13);1H3,(H,2,3,4). The molecule has 2 atom stereocenters. The smallest absolute Gasteiger partial charge is 0.397 e. The van der Waals surface area contributed by atoms with Gasteiger partial charge in [0.15, 0.2) is 0 Å². The Hall–Kier alpha value is -2.80. The van der Waals surface area contributed by atoms with E-state index in [1.165, 1.54) is 50.2 Å². The number of unbranched alkanes of at least 4 members (excludes halogenated alkanes) is 2. The first kappa shape index (κ1) is 35.2. The Bertz CT molecular complexity index is 990. The molecular weight excluding hydrogens is 514 g/mol. The largest absolute Gasteiger partial charge is 0.481 e. The lowest BCUT2D eigenvalue weighted by Crippen LogP contribution is -2.39. The van der Waals surface area contributed by atoms with Crippen molar-refractivity contribution in [3.8, 4) is 0 Å². The molecule has 2 aliphatic rings. The Morgan fingerprint density at radius 3 is 2.34 bits per heavy atom. The number of rotatable bonds is 13. The number of aliphatic imine (C=N–C) groups is 1. The van der Waals surface area contributed by atoms with Crippen LogP contribution in [0.25, 0.3) is 0 Å².